The minimum atomic E-state index is 0.300. The van der Waals surface area contributed by atoms with E-state index in [1.54, 1.807) is 17.2 Å². The van der Waals surface area contributed by atoms with Gasteiger partial charge in [0, 0.05) is 18.3 Å². The van der Waals surface area contributed by atoms with Crippen molar-refractivity contribution in [2.75, 3.05) is 13.2 Å². The summed E-state index contributed by atoms with van der Waals surface area (Å²) in [4.78, 5) is 4.37. The average Bonchev–Trinajstić information content (AvgIpc) is 3.23. The monoisotopic (exact) mass is 311 g/mol. The third-order valence-electron chi connectivity index (χ3n) is 3.71. The highest BCUT2D eigenvalue weighted by atomic mass is 16.6. The maximum Gasteiger partial charge on any atom is 0.166 e. The Morgan fingerprint density at radius 1 is 1.09 bits per heavy atom. The van der Waals surface area contributed by atoms with Crippen molar-refractivity contribution in [3.8, 4) is 28.6 Å². The molecule has 118 valence electrons. The van der Waals surface area contributed by atoms with Crippen LogP contribution in [0.1, 0.15) is 19.9 Å². The molecule has 0 N–H and O–H groups in total. The van der Waals surface area contributed by atoms with Crippen LogP contribution in [-0.4, -0.2) is 37.8 Å². The molecule has 1 aromatic carbocycles. The van der Waals surface area contributed by atoms with E-state index in [9.17, 15) is 0 Å². The Balaban J connectivity index is 1.74. The van der Waals surface area contributed by atoms with Crippen LogP contribution in [0.2, 0.25) is 0 Å². The second-order valence-electron chi connectivity index (χ2n) is 5.63. The second-order valence-corrected chi connectivity index (χ2v) is 5.63. The van der Waals surface area contributed by atoms with E-state index in [4.69, 9.17) is 9.47 Å². The molecule has 7 heteroatoms. The van der Waals surface area contributed by atoms with Crippen molar-refractivity contribution in [2.45, 2.75) is 19.9 Å². The zero-order valence-corrected chi connectivity index (χ0v) is 13.0. The largest absolute Gasteiger partial charge is 0.486 e. The number of hydrogen-bond donors (Lipinski definition) is 0. The highest BCUT2D eigenvalue weighted by Gasteiger charge is 2.16. The van der Waals surface area contributed by atoms with Gasteiger partial charge in [-0.2, -0.15) is 10.2 Å². The Morgan fingerprint density at radius 3 is 2.70 bits per heavy atom. The van der Waals surface area contributed by atoms with Gasteiger partial charge in [-0.15, -0.1) is 0 Å². The number of aromatic nitrogens is 5. The third kappa shape index (κ3) is 2.44. The van der Waals surface area contributed by atoms with Gasteiger partial charge in [0.15, 0.2) is 17.3 Å². The molecule has 0 saturated heterocycles. The fourth-order valence-corrected chi connectivity index (χ4v) is 2.53. The second kappa shape index (κ2) is 5.42. The summed E-state index contributed by atoms with van der Waals surface area (Å²) in [5.41, 5.74) is 1.80. The zero-order chi connectivity index (χ0) is 15.8. The molecule has 7 nitrogen and oxygen atoms in total. The molecule has 0 aliphatic carbocycles. The van der Waals surface area contributed by atoms with Crippen LogP contribution in [-0.2, 0) is 0 Å². The Hall–Kier alpha value is -2.83. The maximum atomic E-state index is 5.64. The lowest BCUT2D eigenvalue weighted by molar-refractivity contribution is 0.171. The highest BCUT2D eigenvalue weighted by molar-refractivity contribution is 5.57. The van der Waals surface area contributed by atoms with E-state index in [-0.39, 0.29) is 0 Å². The summed E-state index contributed by atoms with van der Waals surface area (Å²) < 4.78 is 14.9. The van der Waals surface area contributed by atoms with Gasteiger partial charge in [0.2, 0.25) is 0 Å². The van der Waals surface area contributed by atoms with Crippen molar-refractivity contribution in [2.24, 2.45) is 0 Å². The molecule has 0 atom stereocenters. The van der Waals surface area contributed by atoms with Crippen molar-refractivity contribution >= 4 is 0 Å². The lowest BCUT2D eigenvalue weighted by atomic mass is 10.2. The predicted molar refractivity (Wildman–Crippen MR) is 84.0 cm³/mol. The lowest BCUT2D eigenvalue weighted by Crippen LogP contribution is -2.15. The number of rotatable bonds is 3. The van der Waals surface area contributed by atoms with Crippen LogP contribution in [0.5, 0.6) is 11.5 Å². The van der Waals surface area contributed by atoms with E-state index in [1.165, 1.54) is 0 Å². The van der Waals surface area contributed by atoms with Gasteiger partial charge in [-0.25, -0.2) is 9.67 Å². The van der Waals surface area contributed by atoms with Crippen LogP contribution in [0.15, 0.2) is 36.9 Å². The SMILES string of the molecule is CC(C)n1cc(-c2ncnn2-c2ccc3c(c2)OCCO3)cn1. The van der Waals surface area contributed by atoms with Crippen LogP contribution < -0.4 is 9.47 Å². The topological polar surface area (TPSA) is 67.0 Å². The third-order valence-corrected chi connectivity index (χ3v) is 3.71. The average molecular weight is 311 g/mol. The highest BCUT2D eigenvalue weighted by Crippen LogP contribution is 2.32. The lowest BCUT2D eigenvalue weighted by Gasteiger charge is -2.19. The molecule has 1 aliphatic rings. The zero-order valence-electron chi connectivity index (χ0n) is 13.0. The van der Waals surface area contributed by atoms with Crippen molar-refractivity contribution in [3.05, 3.63) is 36.9 Å². The summed E-state index contributed by atoms with van der Waals surface area (Å²) in [6.07, 6.45) is 5.32. The van der Waals surface area contributed by atoms with Crippen LogP contribution in [0.3, 0.4) is 0 Å². The van der Waals surface area contributed by atoms with Crippen molar-refractivity contribution < 1.29 is 9.47 Å². The first-order valence-corrected chi connectivity index (χ1v) is 7.57. The van der Waals surface area contributed by atoms with Crippen molar-refractivity contribution in [1.82, 2.24) is 24.5 Å². The van der Waals surface area contributed by atoms with Crippen LogP contribution >= 0.6 is 0 Å². The summed E-state index contributed by atoms with van der Waals surface area (Å²) >= 11 is 0. The Bertz CT molecular complexity index is 837. The number of hydrogen-bond acceptors (Lipinski definition) is 5. The molecule has 0 unspecified atom stereocenters. The van der Waals surface area contributed by atoms with Gasteiger partial charge in [0.05, 0.1) is 17.4 Å². The molecule has 0 bridgehead atoms. The molecule has 23 heavy (non-hydrogen) atoms. The van der Waals surface area contributed by atoms with Gasteiger partial charge in [0.25, 0.3) is 0 Å². The molecule has 0 fully saturated rings. The predicted octanol–water partition coefficient (Wildman–Crippen LogP) is 2.48. The molecule has 3 aromatic rings. The molecule has 0 amide bonds. The molecule has 4 rings (SSSR count). The molecular weight excluding hydrogens is 294 g/mol. The van der Waals surface area contributed by atoms with Crippen LogP contribution in [0.4, 0.5) is 0 Å². The van der Waals surface area contributed by atoms with E-state index in [0.29, 0.717) is 19.3 Å². The summed E-state index contributed by atoms with van der Waals surface area (Å²) in [7, 11) is 0. The number of ether oxygens (including phenoxy) is 2. The fraction of sp³-hybridized carbons (Fsp3) is 0.312. The van der Waals surface area contributed by atoms with Crippen LogP contribution in [0.25, 0.3) is 17.1 Å². The minimum absolute atomic E-state index is 0.300. The van der Waals surface area contributed by atoms with Gasteiger partial charge in [-0.3, -0.25) is 4.68 Å². The molecular formula is C16H17N5O2. The Morgan fingerprint density at radius 2 is 1.91 bits per heavy atom. The molecule has 3 heterocycles. The van der Waals surface area contributed by atoms with Gasteiger partial charge >= 0.3 is 0 Å². The molecule has 0 spiro atoms. The van der Waals surface area contributed by atoms with Gasteiger partial charge in [-0.05, 0) is 26.0 Å². The van der Waals surface area contributed by atoms with E-state index >= 15 is 0 Å². The molecule has 1 aliphatic heterocycles. The summed E-state index contributed by atoms with van der Waals surface area (Å²) in [6.45, 7) is 5.31. The fourth-order valence-electron chi connectivity index (χ4n) is 2.53. The maximum absolute atomic E-state index is 5.64. The minimum Gasteiger partial charge on any atom is -0.486 e. The van der Waals surface area contributed by atoms with Crippen molar-refractivity contribution in [3.63, 3.8) is 0 Å². The van der Waals surface area contributed by atoms with Crippen LogP contribution in [0, 0.1) is 0 Å². The quantitative estimate of drug-likeness (QED) is 0.743. The first-order chi connectivity index (χ1) is 11.2. The Kier molecular flexibility index (Phi) is 3.25. The smallest absolute Gasteiger partial charge is 0.166 e. The van der Waals surface area contributed by atoms with E-state index in [2.05, 4.69) is 29.0 Å². The molecule has 2 aromatic heterocycles. The van der Waals surface area contributed by atoms with Gasteiger partial charge in [-0.1, -0.05) is 0 Å². The van der Waals surface area contributed by atoms with Crippen molar-refractivity contribution in [1.29, 1.82) is 0 Å². The molecule has 0 radical (unpaired) electrons. The molecule has 0 saturated carbocycles. The normalized spacial score (nSPS) is 13.5. The summed E-state index contributed by atoms with van der Waals surface area (Å²) in [6, 6.07) is 6.06. The number of nitrogens with zero attached hydrogens (tertiary/aromatic N) is 5. The Labute approximate surface area is 133 Å². The number of fused-ring (bicyclic) bond motifs is 1. The van der Waals surface area contributed by atoms with Gasteiger partial charge in [0.1, 0.15) is 19.5 Å². The first-order valence-electron chi connectivity index (χ1n) is 7.57. The summed E-state index contributed by atoms with van der Waals surface area (Å²) in [5, 5.41) is 8.71. The van der Waals surface area contributed by atoms with E-state index in [0.717, 1.165) is 28.6 Å². The van der Waals surface area contributed by atoms with E-state index < -0.39 is 0 Å². The number of benzene rings is 1. The van der Waals surface area contributed by atoms with E-state index in [1.807, 2.05) is 29.1 Å². The van der Waals surface area contributed by atoms with Gasteiger partial charge < -0.3 is 9.47 Å². The standard InChI is InChI=1S/C16H17N5O2/c1-11(2)20-9-12(8-18-20)16-17-10-19-21(16)13-3-4-14-15(7-13)23-6-5-22-14/h3-4,7-11H,5-6H2,1-2H3. The first kappa shape index (κ1) is 13.8. The summed E-state index contributed by atoms with van der Waals surface area (Å²) in [5.74, 6) is 2.23.